The van der Waals surface area contributed by atoms with Crippen LogP contribution in [-0.4, -0.2) is 19.2 Å². The third-order valence-corrected chi connectivity index (χ3v) is 2.62. The van der Waals surface area contributed by atoms with E-state index in [-0.39, 0.29) is 0 Å². The van der Waals surface area contributed by atoms with Gasteiger partial charge in [-0.15, -0.1) is 0 Å². The van der Waals surface area contributed by atoms with E-state index < -0.39 is 0 Å². The quantitative estimate of drug-likeness (QED) is 0.714. The number of hydrogen-bond donors (Lipinski definition) is 1. The molecule has 90 valence electrons. The van der Waals surface area contributed by atoms with Crippen molar-refractivity contribution in [2.24, 2.45) is 0 Å². The molecule has 1 unspecified atom stereocenters. The Morgan fingerprint density at radius 1 is 1.25 bits per heavy atom. The largest absolute Gasteiger partial charge is 0.494 e. The number of hydrogen-bond acceptors (Lipinski definition) is 2. The first-order valence-electron chi connectivity index (χ1n) is 6.15. The molecule has 0 aromatic heterocycles. The maximum absolute atomic E-state index is 5.66. The number of rotatable bonds is 7. The van der Waals surface area contributed by atoms with Crippen LogP contribution in [0.5, 0.6) is 5.75 Å². The Bertz CT molecular complexity index is 281. The van der Waals surface area contributed by atoms with Crippen LogP contribution in [0, 0.1) is 6.92 Å². The molecule has 0 aliphatic rings. The van der Waals surface area contributed by atoms with Gasteiger partial charge in [-0.3, -0.25) is 0 Å². The molecule has 2 heteroatoms. The lowest BCUT2D eigenvalue weighted by atomic mass is 10.2. The van der Waals surface area contributed by atoms with Gasteiger partial charge in [-0.05, 0) is 45.4 Å². The lowest BCUT2D eigenvalue weighted by Gasteiger charge is -2.12. The van der Waals surface area contributed by atoms with E-state index in [1.54, 1.807) is 0 Å². The van der Waals surface area contributed by atoms with Gasteiger partial charge in [0.25, 0.3) is 0 Å². The summed E-state index contributed by atoms with van der Waals surface area (Å²) in [6, 6.07) is 8.81. The van der Waals surface area contributed by atoms with Crippen molar-refractivity contribution < 1.29 is 4.74 Å². The average molecular weight is 221 g/mol. The molecule has 0 radical (unpaired) electrons. The fourth-order valence-corrected chi connectivity index (χ4v) is 1.66. The molecule has 1 aromatic rings. The topological polar surface area (TPSA) is 21.3 Å². The van der Waals surface area contributed by atoms with Crippen LogP contribution in [0.2, 0.25) is 0 Å². The summed E-state index contributed by atoms with van der Waals surface area (Å²) in [7, 11) is 0. The van der Waals surface area contributed by atoms with Crippen LogP contribution in [0.25, 0.3) is 0 Å². The second-order valence-electron chi connectivity index (χ2n) is 4.26. The number of aryl methyl sites for hydroxylation is 1. The highest BCUT2D eigenvalue weighted by Gasteiger charge is 1.99. The van der Waals surface area contributed by atoms with E-state index in [1.807, 2.05) is 12.1 Å². The molecule has 0 fully saturated rings. The monoisotopic (exact) mass is 221 g/mol. The average Bonchev–Trinajstić information content (AvgIpc) is 2.27. The molecule has 0 bridgehead atoms. The molecule has 0 heterocycles. The zero-order valence-corrected chi connectivity index (χ0v) is 10.6. The van der Waals surface area contributed by atoms with Crippen LogP contribution in [0.15, 0.2) is 24.3 Å². The summed E-state index contributed by atoms with van der Waals surface area (Å²) in [6.07, 6.45) is 2.27. The molecule has 1 rings (SSSR count). The smallest absolute Gasteiger partial charge is 0.119 e. The minimum atomic E-state index is 0.589. The van der Waals surface area contributed by atoms with Crippen LogP contribution in [0.1, 0.15) is 32.3 Å². The fourth-order valence-electron chi connectivity index (χ4n) is 1.66. The van der Waals surface area contributed by atoms with Crippen molar-refractivity contribution in [3.8, 4) is 5.75 Å². The van der Waals surface area contributed by atoms with Crippen molar-refractivity contribution in [1.82, 2.24) is 5.32 Å². The van der Waals surface area contributed by atoms with Crippen molar-refractivity contribution in [3.63, 3.8) is 0 Å². The maximum atomic E-state index is 5.66. The molecule has 0 saturated carbocycles. The Balaban J connectivity index is 2.13. The van der Waals surface area contributed by atoms with E-state index >= 15 is 0 Å². The fraction of sp³-hybridized carbons (Fsp3) is 0.571. The molecule has 0 aliphatic heterocycles. The van der Waals surface area contributed by atoms with E-state index in [4.69, 9.17) is 4.74 Å². The van der Waals surface area contributed by atoms with Crippen molar-refractivity contribution in [3.05, 3.63) is 29.8 Å². The standard InChI is InChI=1S/C14H23NO/c1-4-15-13(3)6-5-11-16-14-9-7-12(2)8-10-14/h7-10,13,15H,4-6,11H2,1-3H3. The lowest BCUT2D eigenvalue weighted by Crippen LogP contribution is -2.25. The van der Waals surface area contributed by atoms with E-state index in [0.29, 0.717) is 6.04 Å². The third kappa shape index (κ3) is 5.17. The third-order valence-electron chi connectivity index (χ3n) is 2.62. The molecule has 16 heavy (non-hydrogen) atoms. The van der Waals surface area contributed by atoms with Crippen molar-refractivity contribution in [2.45, 2.75) is 39.7 Å². The van der Waals surface area contributed by atoms with Crippen molar-refractivity contribution in [1.29, 1.82) is 0 Å². The van der Waals surface area contributed by atoms with Gasteiger partial charge >= 0.3 is 0 Å². The Morgan fingerprint density at radius 3 is 2.56 bits per heavy atom. The van der Waals surface area contributed by atoms with Crippen LogP contribution in [0.3, 0.4) is 0 Å². The van der Waals surface area contributed by atoms with Gasteiger partial charge in [0, 0.05) is 6.04 Å². The molecule has 0 amide bonds. The minimum Gasteiger partial charge on any atom is -0.494 e. The van der Waals surface area contributed by atoms with Crippen LogP contribution >= 0.6 is 0 Å². The molecular weight excluding hydrogens is 198 g/mol. The Morgan fingerprint density at radius 2 is 1.94 bits per heavy atom. The van der Waals surface area contributed by atoms with Gasteiger partial charge in [0.05, 0.1) is 6.61 Å². The summed E-state index contributed by atoms with van der Waals surface area (Å²) in [5, 5.41) is 3.40. The van der Waals surface area contributed by atoms with Gasteiger partial charge in [0.15, 0.2) is 0 Å². The second kappa shape index (κ2) is 7.29. The summed E-state index contributed by atoms with van der Waals surface area (Å²) < 4.78 is 5.66. The first-order valence-corrected chi connectivity index (χ1v) is 6.15. The van der Waals surface area contributed by atoms with Crippen molar-refractivity contribution >= 4 is 0 Å². The molecular formula is C14H23NO. The predicted octanol–water partition coefficient (Wildman–Crippen LogP) is 3.15. The summed E-state index contributed by atoms with van der Waals surface area (Å²) in [6.45, 7) is 8.29. The number of nitrogens with one attached hydrogen (secondary N) is 1. The van der Waals surface area contributed by atoms with Gasteiger partial charge in [-0.25, -0.2) is 0 Å². The molecule has 0 spiro atoms. The van der Waals surface area contributed by atoms with Gasteiger partial charge in [0.2, 0.25) is 0 Å². The van der Waals surface area contributed by atoms with Gasteiger partial charge in [0.1, 0.15) is 5.75 Å². The van der Waals surface area contributed by atoms with Crippen LogP contribution < -0.4 is 10.1 Å². The summed E-state index contributed by atoms with van der Waals surface area (Å²) >= 11 is 0. The van der Waals surface area contributed by atoms with E-state index in [0.717, 1.165) is 25.3 Å². The summed E-state index contributed by atoms with van der Waals surface area (Å²) in [5.74, 6) is 0.974. The van der Waals surface area contributed by atoms with E-state index in [9.17, 15) is 0 Å². The minimum absolute atomic E-state index is 0.589. The van der Waals surface area contributed by atoms with Crippen LogP contribution in [0.4, 0.5) is 0 Å². The van der Waals surface area contributed by atoms with Gasteiger partial charge in [-0.2, -0.15) is 0 Å². The molecule has 0 aliphatic carbocycles. The van der Waals surface area contributed by atoms with Gasteiger partial charge in [-0.1, -0.05) is 24.6 Å². The highest BCUT2D eigenvalue weighted by molar-refractivity contribution is 5.26. The first-order chi connectivity index (χ1) is 7.72. The van der Waals surface area contributed by atoms with E-state index in [1.165, 1.54) is 12.0 Å². The zero-order valence-electron chi connectivity index (χ0n) is 10.6. The molecule has 1 atom stereocenters. The number of benzene rings is 1. The summed E-state index contributed by atoms with van der Waals surface area (Å²) in [4.78, 5) is 0. The SMILES string of the molecule is CCNC(C)CCCOc1ccc(C)cc1. The van der Waals surface area contributed by atoms with Crippen molar-refractivity contribution in [2.75, 3.05) is 13.2 Å². The normalized spacial score (nSPS) is 12.4. The Kier molecular flexibility index (Phi) is 5.94. The highest BCUT2D eigenvalue weighted by atomic mass is 16.5. The molecule has 0 saturated heterocycles. The molecule has 1 N–H and O–H groups in total. The highest BCUT2D eigenvalue weighted by Crippen LogP contribution is 2.11. The maximum Gasteiger partial charge on any atom is 0.119 e. The lowest BCUT2D eigenvalue weighted by molar-refractivity contribution is 0.298. The Hall–Kier alpha value is -1.02. The number of ether oxygens (including phenoxy) is 1. The second-order valence-corrected chi connectivity index (χ2v) is 4.26. The molecule has 2 nitrogen and oxygen atoms in total. The van der Waals surface area contributed by atoms with Crippen LogP contribution in [-0.2, 0) is 0 Å². The molecule has 1 aromatic carbocycles. The van der Waals surface area contributed by atoms with Gasteiger partial charge < -0.3 is 10.1 Å². The summed E-state index contributed by atoms with van der Waals surface area (Å²) in [5.41, 5.74) is 1.27. The predicted molar refractivity (Wildman–Crippen MR) is 69.0 cm³/mol. The van der Waals surface area contributed by atoms with E-state index in [2.05, 4.69) is 38.2 Å². The Labute approximate surface area is 99.0 Å². The zero-order chi connectivity index (χ0) is 11.8. The first kappa shape index (κ1) is 13.0.